The third-order valence-electron chi connectivity index (χ3n) is 4.91. The molecule has 1 aliphatic heterocycles. The predicted octanol–water partition coefficient (Wildman–Crippen LogP) is 1.84. The van der Waals surface area contributed by atoms with E-state index < -0.39 is 18.5 Å². The number of hydrogen-bond acceptors (Lipinski definition) is 5. The van der Waals surface area contributed by atoms with E-state index in [-0.39, 0.29) is 36.6 Å². The molecule has 1 heterocycles. The van der Waals surface area contributed by atoms with Crippen molar-refractivity contribution >= 4 is 35.3 Å². The Bertz CT molecular complexity index is 779. The van der Waals surface area contributed by atoms with Crippen LogP contribution in [0.15, 0.2) is 36.4 Å². The third kappa shape index (κ3) is 4.78. The number of hydrogen-bond donors (Lipinski definition) is 1. The summed E-state index contributed by atoms with van der Waals surface area (Å²) >= 11 is 5.80. The van der Waals surface area contributed by atoms with Gasteiger partial charge in [-0.3, -0.25) is 24.1 Å². The lowest BCUT2D eigenvalue weighted by Gasteiger charge is -2.14. The highest BCUT2D eigenvalue weighted by Gasteiger charge is 2.46. The van der Waals surface area contributed by atoms with E-state index in [0.29, 0.717) is 24.4 Å². The van der Waals surface area contributed by atoms with Crippen molar-refractivity contribution in [3.8, 4) is 0 Å². The average molecular weight is 405 g/mol. The lowest BCUT2D eigenvalue weighted by atomic mass is 9.85. The molecule has 28 heavy (non-hydrogen) atoms. The number of amides is 3. The summed E-state index contributed by atoms with van der Waals surface area (Å²) in [6.07, 6.45) is 4.81. The number of ether oxygens (including phenoxy) is 1. The Morgan fingerprint density at radius 1 is 1.07 bits per heavy atom. The van der Waals surface area contributed by atoms with E-state index in [1.54, 1.807) is 24.3 Å². The molecular weight excluding hydrogens is 384 g/mol. The van der Waals surface area contributed by atoms with E-state index in [4.69, 9.17) is 16.3 Å². The van der Waals surface area contributed by atoms with Crippen molar-refractivity contribution in [2.24, 2.45) is 11.8 Å². The minimum atomic E-state index is -0.629. The van der Waals surface area contributed by atoms with Gasteiger partial charge in [0, 0.05) is 18.1 Å². The van der Waals surface area contributed by atoms with E-state index in [2.05, 4.69) is 5.32 Å². The summed E-state index contributed by atoms with van der Waals surface area (Å²) in [4.78, 5) is 49.4. The van der Waals surface area contributed by atoms with Crippen LogP contribution in [-0.4, -0.2) is 41.7 Å². The van der Waals surface area contributed by atoms with Gasteiger partial charge in [-0.15, -0.1) is 0 Å². The van der Waals surface area contributed by atoms with E-state index in [1.807, 2.05) is 12.2 Å². The van der Waals surface area contributed by atoms with Crippen LogP contribution in [0.2, 0.25) is 5.02 Å². The maximum atomic E-state index is 12.3. The van der Waals surface area contributed by atoms with Crippen molar-refractivity contribution < 1.29 is 23.9 Å². The molecule has 3 amide bonds. The van der Waals surface area contributed by atoms with Gasteiger partial charge in [-0.05, 0) is 30.5 Å². The normalized spacial score (nSPS) is 20.8. The smallest absolute Gasteiger partial charge is 0.308 e. The van der Waals surface area contributed by atoms with Crippen LogP contribution in [-0.2, 0) is 30.5 Å². The van der Waals surface area contributed by atoms with Crippen LogP contribution in [0.4, 0.5) is 0 Å². The fourth-order valence-electron chi connectivity index (χ4n) is 3.36. The van der Waals surface area contributed by atoms with Crippen LogP contribution in [0.25, 0.3) is 0 Å². The first-order valence-corrected chi connectivity index (χ1v) is 9.50. The summed E-state index contributed by atoms with van der Waals surface area (Å²) in [6.45, 7) is -0.138. The molecule has 0 spiro atoms. The summed E-state index contributed by atoms with van der Waals surface area (Å²) < 4.78 is 4.93. The van der Waals surface area contributed by atoms with Gasteiger partial charge in [-0.2, -0.15) is 0 Å². The number of halogens is 1. The van der Waals surface area contributed by atoms with Gasteiger partial charge in [0.2, 0.25) is 11.8 Å². The number of likely N-dealkylation sites (tertiary alicyclic amines) is 1. The molecule has 148 valence electrons. The number of imide groups is 1. The predicted molar refractivity (Wildman–Crippen MR) is 101 cm³/mol. The molecule has 0 unspecified atom stereocenters. The van der Waals surface area contributed by atoms with Crippen molar-refractivity contribution in [3.05, 3.63) is 47.0 Å². The van der Waals surface area contributed by atoms with E-state index in [1.165, 1.54) is 0 Å². The summed E-state index contributed by atoms with van der Waals surface area (Å²) in [7, 11) is 0. The van der Waals surface area contributed by atoms with Crippen LogP contribution in [0, 0.1) is 11.8 Å². The topological polar surface area (TPSA) is 92.8 Å². The Kier molecular flexibility index (Phi) is 6.46. The van der Waals surface area contributed by atoms with Gasteiger partial charge in [-0.1, -0.05) is 35.9 Å². The maximum absolute atomic E-state index is 12.3. The number of fused-ring (bicyclic) bond motifs is 1. The number of carbonyl (C=O) groups is 4. The second-order valence-electron chi connectivity index (χ2n) is 6.80. The zero-order valence-electron chi connectivity index (χ0n) is 15.2. The SMILES string of the molecule is O=C(COC(=O)CCN1C(=O)[C@H]2CC=CC[C@H]2C1=O)NCc1ccc(Cl)cc1. The molecule has 3 rings (SSSR count). The van der Waals surface area contributed by atoms with Gasteiger partial charge >= 0.3 is 5.97 Å². The van der Waals surface area contributed by atoms with Crippen molar-refractivity contribution in [2.75, 3.05) is 13.2 Å². The third-order valence-corrected chi connectivity index (χ3v) is 5.16. The molecule has 2 atom stereocenters. The highest BCUT2D eigenvalue weighted by atomic mass is 35.5. The van der Waals surface area contributed by atoms with Gasteiger partial charge < -0.3 is 10.1 Å². The Labute approximate surface area is 167 Å². The van der Waals surface area contributed by atoms with Crippen molar-refractivity contribution in [3.63, 3.8) is 0 Å². The molecule has 1 N–H and O–H groups in total. The number of nitrogens with zero attached hydrogens (tertiary/aromatic N) is 1. The fourth-order valence-corrected chi connectivity index (χ4v) is 3.49. The number of nitrogens with one attached hydrogen (secondary N) is 1. The van der Waals surface area contributed by atoms with Gasteiger partial charge in [0.1, 0.15) is 0 Å². The van der Waals surface area contributed by atoms with Gasteiger partial charge in [0.25, 0.3) is 5.91 Å². The van der Waals surface area contributed by atoms with Gasteiger partial charge in [0.15, 0.2) is 6.61 Å². The first-order chi connectivity index (χ1) is 13.5. The highest BCUT2D eigenvalue weighted by molar-refractivity contribution is 6.30. The first-order valence-electron chi connectivity index (χ1n) is 9.12. The first kappa shape index (κ1) is 20.1. The number of rotatable bonds is 7. The standard InChI is InChI=1S/C20H21ClN2O5/c21-14-7-5-13(6-8-14)11-22-17(24)12-28-18(25)9-10-23-19(26)15-3-1-2-4-16(15)20(23)27/h1-2,5-8,15-16H,3-4,9-12H2,(H,22,24)/t15-,16+. The van der Waals surface area contributed by atoms with Crippen LogP contribution in [0.5, 0.6) is 0 Å². The number of benzene rings is 1. The van der Waals surface area contributed by atoms with Gasteiger partial charge in [-0.25, -0.2) is 0 Å². The Morgan fingerprint density at radius 3 is 2.29 bits per heavy atom. The monoisotopic (exact) mass is 404 g/mol. The lowest BCUT2D eigenvalue weighted by Crippen LogP contribution is -2.34. The Hall–Kier alpha value is -2.67. The molecule has 2 aliphatic rings. The summed E-state index contributed by atoms with van der Waals surface area (Å²) in [5.74, 6) is -2.15. The average Bonchev–Trinajstić information content (AvgIpc) is 2.95. The summed E-state index contributed by atoms with van der Waals surface area (Å²) in [5, 5.41) is 3.24. The van der Waals surface area contributed by atoms with Crippen LogP contribution in [0.3, 0.4) is 0 Å². The number of esters is 1. The minimum Gasteiger partial charge on any atom is -0.456 e. The molecule has 1 fully saturated rings. The molecule has 7 nitrogen and oxygen atoms in total. The molecule has 0 radical (unpaired) electrons. The zero-order chi connectivity index (χ0) is 20.1. The number of allylic oxidation sites excluding steroid dienone is 2. The number of carbonyl (C=O) groups excluding carboxylic acids is 4. The fraction of sp³-hybridized carbons (Fsp3) is 0.400. The van der Waals surface area contributed by atoms with Crippen LogP contribution in [0.1, 0.15) is 24.8 Å². The molecule has 0 aromatic heterocycles. The van der Waals surface area contributed by atoms with Gasteiger partial charge in [0.05, 0.1) is 18.3 Å². The molecule has 0 saturated carbocycles. The zero-order valence-corrected chi connectivity index (χ0v) is 16.0. The molecule has 1 saturated heterocycles. The molecule has 1 aromatic rings. The van der Waals surface area contributed by atoms with Crippen molar-refractivity contribution in [1.29, 1.82) is 0 Å². The highest BCUT2D eigenvalue weighted by Crippen LogP contribution is 2.34. The molecule has 1 aromatic carbocycles. The molecule has 1 aliphatic carbocycles. The van der Waals surface area contributed by atoms with E-state index in [9.17, 15) is 19.2 Å². The van der Waals surface area contributed by atoms with E-state index >= 15 is 0 Å². The second kappa shape index (κ2) is 9.01. The summed E-state index contributed by atoms with van der Waals surface area (Å²) in [6, 6.07) is 7.00. The molecular formula is C20H21ClN2O5. The summed E-state index contributed by atoms with van der Waals surface area (Å²) in [5.41, 5.74) is 0.867. The lowest BCUT2D eigenvalue weighted by molar-refractivity contribution is -0.150. The largest absolute Gasteiger partial charge is 0.456 e. The Morgan fingerprint density at radius 2 is 1.68 bits per heavy atom. The minimum absolute atomic E-state index is 0.0180. The quantitative estimate of drug-likeness (QED) is 0.425. The van der Waals surface area contributed by atoms with E-state index in [0.717, 1.165) is 10.5 Å². The Balaban J connectivity index is 1.37. The van der Waals surface area contributed by atoms with Crippen molar-refractivity contribution in [2.45, 2.75) is 25.8 Å². The van der Waals surface area contributed by atoms with Crippen molar-refractivity contribution in [1.82, 2.24) is 10.2 Å². The second-order valence-corrected chi connectivity index (χ2v) is 7.23. The molecule has 0 bridgehead atoms. The maximum Gasteiger partial charge on any atom is 0.308 e. The van der Waals surface area contributed by atoms with Crippen LogP contribution >= 0.6 is 11.6 Å². The molecule has 8 heteroatoms. The van der Waals surface area contributed by atoms with Crippen LogP contribution < -0.4 is 5.32 Å².